The molecule has 1 saturated heterocycles. The second kappa shape index (κ2) is 7.98. The van der Waals surface area contributed by atoms with Gasteiger partial charge in [0.1, 0.15) is 5.82 Å². The fraction of sp³-hybridized carbons (Fsp3) is 0.562. The Morgan fingerprint density at radius 1 is 1.38 bits per heavy atom. The van der Waals surface area contributed by atoms with Gasteiger partial charge in [0.2, 0.25) is 0 Å². The third kappa shape index (κ3) is 5.01. The number of likely N-dealkylation sites (tertiary alicyclic amines) is 1. The van der Waals surface area contributed by atoms with Crippen molar-refractivity contribution in [1.82, 2.24) is 10.2 Å². The normalized spacial score (nSPS) is 16.0. The predicted octanol–water partition coefficient (Wildman–Crippen LogP) is 2.17. The van der Waals surface area contributed by atoms with Gasteiger partial charge in [-0.15, -0.1) is 0 Å². The van der Waals surface area contributed by atoms with E-state index in [1.165, 1.54) is 12.1 Å². The molecule has 0 aromatic heterocycles. The molecule has 1 aliphatic rings. The Kier molecular flexibility index (Phi) is 5.99. The van der Waals surface area contributed by atoms with Crippen LogP contribution in [0.25, 0.3) is 0 Å². The zero-order valence-electron chi connectivity index (χ0n) is 12.2. The fourth-order valence-corrected chi connectivity index (χ4v) is 2.61. The molecule has 2 N–H and O–H groups in total. The van der Waals surface area contributed by atoms with Crippen molar-refractivity contribution in [2.24, 2.45) is 5.92 Å². The molecule has 21 heavy (non-hydrogen) atoms. The average molecular weight is 294 g/mol. The lowest BCUT2D eigenvalue weighted by Gasteiger charge is -2.31. The minimum atomic E-state index is -0.219. The molecule has 5 heteroatoms. The highest BCUT2D eigenvalue weighted by molar-refractivity contribution is 5.74. The van der Waals surface area contributed by atoms with Crippen LogP contribution in [-0.4, -0.2) is 42.3 Å². The Morgan fingerprint density at radius 2 is 2.14 bits per heavy atom. The number of rotatable bonds is 5. The summed E-state index contributed by atoms with van der Waals surface area (Å²) < 4.78 is 13.0. The van der Waals surface area contributed by atoms with E-state index in [1.54, 1.807) is 11.0 Å². The number of hydrogen-bond donors (Lipinski definition) is 2. The van der Waals surface area contributed by atoms with Gasteiger partial charge in [-0.1, -0.05) is 12.1 Å². The number of halogens is 1. The molecule has 0 radical (unpaired) electrons. The number of aryl methyl sites for hydroxylation is 1. The van der Waals surface area contributed by atoms with Crippen molar-refractivity contribution < 1.29 is 14.3 Å². The first-order valence-electron chi connectivity index (χ1n) is 7.57. The monoisotopic (exact) mass is 294 g/mol. The number of benzene rings is 1. The van der Waals surface area contributed by atoms with Crippen molar-refractivity contribution in [1.29, 1.82) is 0 Å². The van der Waals surface area contributed by atoms with Crippen LogP contribution in [0.1, 0.15) is 24.8 Å². The van der Waals surface area contributed by atoms with Crippen LogP contribution in [0.15, 0.2) is 24.3 Å². The first-order chi connectivity index (χ1) is 10.2. The summed E-state index contributed by atoms with van der Waals surface area (Å²) >= 11 is 0. The predicted molar refractivity (Wildman–Crippen MR) is 79.5 cm³/mol. The first-order valence-corrected chi connectivity index (χ1v) is 7.57. The van der Waals surface area contributed by atoms with Gasteiger partial charge in [0.15, 0.2) is 0 Å². The van der Waals surface area contributed by atoms with Crippen LogP contribution in [-0.2, 0) is 6.42 Å². The van der Waals surface area contributed by atoms with Crippen LogP contribution in [0, 0.1) is 11.7 Å². The van der Waals surface area contributed by atoms with Crippen molar-refractivity contribution in [3.63, 3.8) is 0 Å². The number of carbonyl (C=O) groups excluding carboxylic acids is 1. The Hall–Kier alpha value is -1.62. The summed E-state index contributed by atoms with van der Waals surface area (Å²) in [6.07, 6.45) is 3.29. The molecule has 2 rings (SSSR count). The second-order valence-electron chi connectivity index (χ2n) is 5.58. The second-order valence-corrected chi connectivity index (χ2v) is 5.58. The van der Waals surface area contributed by atoms with Gasteiger partial charge in [-0.3, -0.25) is 0 Å². The Morgan fingerprint density at radius 3 is 2.81 bits per heavy atom. The van der Waals surface area contributed by atoms with Crippen molar-refractivity contribution in [2.75, 3.05) is 26.2 Å². The lowest BCUT2D eigenvalue weighted by Crippen LogP contribution is -2.45. The molecule has 0 atom stereocenters. The molecule has 0 aliphatic carbocycles. The highest BCUT2D eigenvalue weighted by Crippen LogP contribution is 2.16. The van der Waals surface area contributed by atoms with Crippen LogP contribution in [0.5, 0.6) is 0 Å². The molecule has 1 fully saturated rings. The molecule has 0 unspecified atom stereocenters. The zero-order chi connectivity index (χ0) is 15.1. The number of urea groups is 1. The van der Waals surface area contributed by atoms with Gasteiger partial charge in [-0.25, -0.2) is 9.18 Å². The zero-order valence-corrected chi connectivity index (χ0v) is 12.2. The maximum atomic E-state index is 13.0. The molecule has 2 amide bonds. The smallest absolute Gasteiger partial charge is 0.317 e. The van der Waals surface area contributed by atoms with Gasteiger partial charge < -0.3 is 15.3 Å². The SMILES string of the molecule is O=C(NCCCc1cccc(F)c1)N1CCC(CO)CC1. The number of carbonyl (C=O) groups is 1. The summed E-state index contributed by atoms with van der Waals surface area (Å²) in [4.78, 5) is 13.8. The summed E-state index contributed by atoms with van der Waals surface area (Å²) in [6.45, 7) is 2.22. The molecule has 0 saturated carbocycles. The van der Waals surface area contributed by atoms with Gasteiger partial charge >= 0.3 is 6.03 Å². The standard InChI is InChI=1S/C16H23FN2O2/c17-15-5-1-3-13(11-15)4-2-8-18-16(21)19-9-6-14(12-20)7-10-19/h1,3,5,11,14,20H,2,4,6-10,12H2,(H,18,21). The van der Waals surface area contributed by atoms with Crippen LogP contribution >= 0.6 is 0 Å². The summed E-state index contributed by atoms with van der Waals surface area (Å²) in [5.41, 5.74) is 0.952. The molecule has 1 aliphatic heterocycles. The van der Waals surface area contributed by atoms with E-state index in [0.717, 1.165) is 31.2 Å². The van der Waals surface area contributed by atoms with Crippen molar-refractivity contribution in [2.45, 2.75) is 25.7 Å². The minimum absolute atomic E-state index is 0.0365. The molecule has 0 spiro atoms. The van der Waals surface area contributed by atoms with Crippen molar-refractivity contribution in [3.8, 4) is 0 Å². The summed E-state index contributed by atoms with van der Waals surface area (Å²) in [5.74, 6) is 0.116. The third-order valence-electron chi connectivity index (χ3n) is 3.97. The molecule has 1 aromatic carbocycles. The molecule has 4 nitrogen and oxygen atoms in total. The minimum Gasteiger partial charge on any atom is -0.396 e. The summed E-state index contributed by atoms with van der Waals surface area (Å²) in [7, 11) is 0. The largest absolute Gasteiger partial charge is 0.396 e. The highest BCUT2D eigenvalue weighted by atomic mass is 19.1. The lowest BCUT2D eigenvalue weighted by atomic mass is 9.98. The van der Waals surface area contributed by atoms with E-state index in [2.05, 4.69) is 5.32 Å². The number of aliphatic hydroxyl groups excluding tert-OH is 1. The Bertz CT molecular complexity index is 459. The van der Waals surface area contributed by atoms with Gasteiger partial charge in [0.05, 0.1) is 0 Å². The topological polar surface area (TPSA) is 52.6 Å². The molecule has 0 bridgehead atoms. The highest BCUT2D eigenvalue weighted by Gasteiger charge is 2.21. The van der Waals surface area contributed by atoms with E-state index in [9.17, 15) is 9.18 Å². The number of nitrogens with one attached hydrogen (secondary N) is 1. The lowest BCUT2D eigenvalue weighted by molar-refractivity contribution is 0.137. The Balaban J connectivity index is 1.63. The molecule has 116 valence electrons. The number of amides is 2. The van der Waals surface area contributed by atoms with Crippen LogP contribution < -0.4 is 5.32 Å². The van der Waals surface area contributed by atoms with Crippen LogP contribution in [0.4, 0.5) is 9.18 Å². The number of piperidine rings is 1. The maximum Gasteiger partial charge on any atom is 0.317 e. The summed E-state index contributed by atoms with van der Waals surface area (Å²) in [5, 5.41) is 12.0. The van der Waals surface area contributed by atoms with E-state index in [4.69, 9.17) is 5.11 Å². The quantitative estimate of drug-likeness (QED) is 0.818. The van der Waals surface area contributed by atoms with Crippen molar-refractivity contribution in [3.05, 3.63) is 35.6 Å². The van der Waals surface area contributed by atoms with Gasteiger partial charge in [0.25, 0.3) is 0 Å². The number of aliphatic hydroxyl groups is 1. The average Bonchev–Trinajstić information content (AvgIpc) is 2.51. The number of nitrogens with zero attached hydrogens (tertiary/aromatic N) is 1. The van der Waals surface area contributed by atoms with Gasteiger partial charge in [0, 0.05) is 26.2 Å². The molecule has 1 aromatic rings. The number of hydrogen-bond acceptors (Lipinski definition) is 2. The van der Waals surface area contributed by atoms with E-state index in [1.807, 2.05) is 6.07 Å². The van der Waals surface area contributed by atoms with Gasteiger partial charge in [-0.05, 0) is 49.3 Å². The molecular weight excluding hydrogens is 271 g/mol. The van der Waals surface area contributed by atoms with Crippen LogP contribution in [0.3, 0.4) is 0 Å². The Labute approximate surface area is 125 Å². The fourth-order valence-electron chi connectivity index (χ4n) is 2.61. The van der Waals surface area contributed by atoms with Gasteiger partial charge in [-0.2, -0.15) is 0 Å². The van der Waals surface area contributed by atoms with E-state index in [0.29, 0.717) is 25.6 Å². The van der Waals surface area contributed by atoms with E-state index >= 15 is 0 Å². The maximum absolute atomic E-state index is 13.0. The van der Waals surface area contributed by atoms with Crippen LogP contribution in [0.2, 0.25) is 0 Å². The first kappa shape index (κ1) is 15.8. The van der Waals surface area contributed by atoms with E-state index in [-0.39, 0.29) is 18.5 Å². The summed E-state index contributed by atoms with van der Waals surface area (Å²) in [6, 6.07) is 6.52. The third-order valence-corrected chi connectivity index (χ3v) is 3.97. The van der Waals surface area contributed by atoms with Crippen molar-refractivity contribution >= 4 is 6.03 Å². The van der Waals surface area contributed by atoms with E-state index < -0.39 is 0 Å². The molecular formula is C16H23FN2O2. The molecule has 1 heterocycles.